The van der Waals surface area contributed by atoms with Crippen molar-refractivity contribution in [2.75, 3.05) is 0 Å². The first-order chi connectivity index (χ1) is 10.1. The molecule has 2 unspecified atom stereocenters. The number of aliphatic hydroxyl groups is 1. The molecule has 2 atom stereocenters. The summed E-state index contributed by atoms with van der Waals surface area (Å²) in [4.78, 5) is 12.1. The van der Waals surface area contributed by atoms with Crippen LogP contribution in [0.3, 0.4) is 0 Å². The molecule has 4 heteroatoms. The highest BCUT2D eigenvalue weighted by molar-refractivity contribution is 6.33. The second-order valence-electron chi connectivity index (χ2n) is 5.02. The number of rotatable bonds is 5. The number of benzene rings is 2. The molecule has 2 aromatic rings. The Morgan fingerprint density at radius 3 is 2.43 bits per heavy atom. The number of amides is 1. The van der Waals surface area contributed by atoms with Crippen molar-refractivity contribution < 1.29 is 9.90 Å². The average molecular weight is 304 g/mol. The van der Waals surface area contributed by atoms with Crippen LogP contribution in [0, 0.1) is 0 Å². The van der Waals surface area contributed by atoms with E-state index in [-0.39, 0.29) is 11.9 Å². The third kappa shape index (κ3) is 4.31. The lowest BCUT2D eigenvalue weighted by molar-refractivity contribution is 0.0917. The fourth-order valence-corrected chi connectivity index (χ4v) is 2.37. The van der Waals surface area contributed by atoms with Crippen LogP contribution in [0.5, 0.6) is 0 Å². The fraction of sp³-hybridized carbons (Fsp3) is 0.235. The minimum absolute atomic E-state index is 0.163. The molecule has 0 aromatic heterocycles. The number of nitrogens with one attached hydrogen (secondary N) is 1. The second-order valence-corrected chi connectivity index (χ2v) is 5.42. The summed E-state index contributed by atoms with van der Waals surface area (Å²) in [5, 5.41) is 13.4. The summed E-state index contributed by atoms with van der Waals surface area (Å²) < 4.78 is 0. The molecule has 2 rings (SSSR count). The monoisotopic (exact) mass is 303 g/mol. The van der Waals surface area contributed by atoms with Gasteiger partial charge in [0.25, 0.3) is 5.91 Å². The van der Waals surface area contributed by atoms with Crippen molar-refractivity contribution in [2.45, 2.75) is 25.5 Å². The summed E-state index contributed by atoms with van der Waals surface area (Å²) in [5.74, 6) is -0.228. The Morgan fingerprint density at radius 2 is 1.76 bits per heavy atom. The Hall–Kier alpha value is -1.84. The molecule has 0 radical (unpaired) electrons. The van der Waals surface area contributed by atoms with Crippen LogP contribution in [0.1, 0.15) is 35.4 Å². The zero-order valence-electron chi connectivity index (χ0n) is 11.8. The number of aliphatic hydroxyl groups excluding tert-OH is 1. The molecule has 2 N–H and O–H groups in total. The van der Waals surface area contributed by atoms with Gasteiger partial charge in [-0.3, -0.25) is 4.79 Å². The van der Waals surface area contributed by atoms with E-state index in [1.807, 2.05) is 37.3 Å². The topological polar surface area (TPSA) is 49.3 Å². The molecular formula is C17H18ClNO2. The van der Waals surface area contributed by atoms with Gasteiger partial charge in [-0.15, -0.1) is 0 Å². The molecule has 0 aliphatic carbocycles. The molecule has 0 aliphatic heterocycles. The lowest BCUT2D eigenvalue weighted by Gasteiger charge is -2.18. The minimum Gasteiger partial charge on any atom is -0.388 e. The molecule has 0 fully saturated rings. The van der Waals surface area contributed by atoms with Crippen LogP contribution >= 0.6 is 11.6 Å². The first-order valence-electron chi connectivity index (χ1n) is 6.86. The number of hydrogen-bond acceptors (Lipinski definition) is 2. The summed E-state index contributed by atoms with van der Waals surface area (Å²) >= 11 is 5.99. The maximum atomic E-state index is 12.1. The highest BCUT2D eigenvalue weighted by Crippen LogP contribution is 2.19. The van der Waals surface area contributed by atoms with Gasteiger partial charge in [0, 0.05) is 6.04 Å². The largest absolute Gasteiger partial charge is 0.388 e. The predicted octanol–water partition coefficient (Wildman–Crippen LogP) is 3.58. The summed E-state index contributed by atoms with van der Waals surface area (Å²) in [6.45, 7) is 1.86. The summed E-state index contributed by atoms with van der Waals surface area (Å²) in [6.07, 6.45) is -0.159. The lowest BCUT2D eigenvalue weighted by Crippen LogP contribution is -2.33. The van der Waals surface area contributed by atoms with Gasteiger partial charge >= 0.3 is 0 Å². The Labute approximate surface area is 129 Å². The van der Waals surface area contributed by atoms with Gasteiger partial charge in [-0.05, 0) is 31.0 Å². The molecule has 110 valence electrons. The molecule has 0 bridgehead atoms. The van der Waals surface area contributed by atoms with Gasteiger partial charge in [0.2, 0.25) is 0 Å². The summed E-state index contributed by atoms with van der Waals surface area (Å²) in [6, 6.07) is 16.1. The van der Waals surface area contributed by atoms with Gasteiger partial charge in [0.05, 0.1) is 16.7 Å². The van der Waals surface area contributed by atoms with Gasteiger partial charge in [-0.25, -0.2) is 0 Å². The summed E-state index contributed by atoms with van der Waals surface area (Å²) in [5.41, 5.74) is 1.29. The Kier molecular flexibility index (Phi) is 5.37. The standard InChI is InChI=1S/C17H18ClNO2/c1-12(11-16(20)13-7-3-2-4-8-13)19-17(21)14-9-5-6-10-15(14)18/h2-10,12,16,20H,11H2,1H3,(H,19,21). The van der Waals surface area contributed by atoms with E-state index in [0.717, 1.165) is 5.56 Å². The van der Waals surface area contributed by atoms with E-state index >= 15 is 0 Å². The van der Waals surface area contributed by atoms with Crippen LogP contribution in [-0.2, 0) is 0 Å². The van der Waals surface area contributed by atoms with Crippen LogP contribution in [-0.4, -0.2) is 17.1 Å². The van der Waals surface area contributed by atoms with E-state index in [2.05, 4.69) is 5.32 Å². The van der Waals surface area contributed by atoms with E-state index in [1.54, 1.807) is 24.3 Å². The Morgan fingerprint density at radius 1 is 1.14 bits per heavy atom. The molecule has 0 saturated heterocycles. The third-order valence-electron chi connectivity index (χ3n) is 3.26. The highest BCUT2D eigenvalue weighted by atomic mass is 35.5. The maximum Gasteiger partial charge on any atom is 0.253 e. The first-order valence-corrected chi connectivity index (χ1v) is 7.24. The minimum atomic E-state index is -0.604. The first kappa shape index (κ1) is 15.5. The van der Waals surface area contributed by atoms with E-state index in [9.17, 15) is 9.90 Å². The maximum absolute atomic E-state index is 12.1. The summed E-state index contributed by atoms with van der Waals surface area (Å²) in [7, 11) is 0. The van der Waals surface area contributed by atoms with Crippen LogP contribution in [0.15, 0.2) is 54.6 Å². The van der Waals surface area contributed by atoms with Crippen LogP contribution in [0.2, 0.25) is 5.02 Å². The predicted molar refractivity (Wildman–Crippen MR) is 84.4 cm³/mol. The van der Waals surface area contributed by atoms with Gasteiger partial charge in [-0.2, -0.15) is 0 Å². The number of carbonyl (C=O) groups is 1. The third-order valence-corrected chi connectivity index (χ3v) is 3.59. The smallest absolute Gasteiger partial charge is 0.253 e. The van der Waals surface area contributed by atoms with Gasteiger partial charge in [0.15, 0.2) is 0 Å². The van der Waals surface area contributed by atoms with Crippen molar-refractivity contribution in [1.29, 1.82) is 0 Å². The highest BCUT2D eigenvalue weighted by Gasteiger charge is 2.16. The van der Waals surface area contributed by atoms with E-state index in [1.165, 1.54) is 0 Å². The molecule has 0 saturated carbocycles. The van der Waals surface area contributed by atoms with Crippen LogP contribution < -0.4 is 5.32 Å². The van der Waals surface area contributed by atoms with Crippen molar-refractivity contribution in [3.8, 4) is 0 Å². The fourth-order valence-electron chi connectivity index (χ4n) is 2.15. The molecular weight excluding hydrogens is 286 g/mol. The molecule has 21 heavy (non-hydrogen) atoms. The molecule has 0 heterocycles. The molecule has 1 amide bonds. The average Bonchev–Trinajstić information content (AvgIpc) is 2.48. The molecule has 0 spiro atoms. The van der Waals surface area contributed by atoms with Crippen LogP contribution in [0.4, 0.5) is 0 Å². The number of carbonyl (C=O) groups excluding carboxylic acids is 1. The van der Waals surface area contributed by atoms with E-state index < -0.39 is 6.10 Å². The Bertz CT molecular complexity index is 601. The van der Waals surface area contributed by atoms with Crippen molar-refractivity contribution in [3.05, 3.63) is 70.7 Å². The second kappa shape index (κ2) is 7.25. The lowest BCUT2D eigenvalue weighted by atomic mass is 10.0. The number of hydrogen-bond donors (Lipinski definition) is 2. The van der Waals surface area contributed by atoms with Crippen molar-refractivity contribution in [3.63, 3.8) is 0 Å². The van der Waals surface area contributed by atoms with E-state index in [4.69, 9.17) is 11.6 Å². The van der Waals surface area contributed by atoms with E-state index in [0.29, 0.717) is 17.0 Å². The Balaban J connectivity index is 1.94. The molecule has 2 aromatic carbocycles. The quantitative estimate of drug-likeness (QED) is 0.887. The zero-order chi connectivity index (χ0) is 15.2. The van der Waals surface area contributed by atoms with Crippen molar-refractivity contribution in [2.24, 2.45) is 0 Å². The van der Waals surface area contributed by atoms with Crippen molar-refractivity contribution >= 4 is 17.5 Å². The zero-order valence-corrected chi connectivity index (χ0v) is 12.5. The number of halogens is 1. The van der Waals surface area contributed by atoms with Crippen molar-refractivity contribution in [1.82, 2.24) is 5.32 Å². The molecule has 3 nitrogen and oxygen atoms in total. The van der Waals surface area contributed by atoms with Gasteiger partial charge < -0.3 is 10.4 Å². The molecule has 0 aliphatic rings. The van der Waals surface area contributed by atoms with Gasteiger partial charge in [-0.1, -0.05) is 54.1 Å². The van der Waals surface area contributed by atoms with Gasteiger partial charge in [0.1, 0.15) is 0 Å². The normalized spacial score (nSPS) is 13.5. The SMILES string of the molecule is CC(CC(O)c1ccccc1)NC(=O)c1ccccc1Cl. The van der Waals surface area contributed by atoms with Crippen LogP contribution in [0.25, 0.3) is 0 Å².